The van der Waals surface area contributed by atoms with Gasteiger partial charge >= 0.3 is 0 Å². The second-order valence-corrected chi connectivity index (χ2v) is 5.24. The van der Waals surface area contributed by atoms with E-state index in [9.17, 15) is 0 Å². The summed E-state index contributed by atoms with van der Waals surface area (Å²) in [5.74, 6) is 1.10. The number of fused-ring (bicyclic) bond motifs is 1. The summed E-state index contributed by atoms with van der Waals surface area (Å²) in [5, 5.41) is 1.17. The van der Waals surface area contributed by atoms with Gasteiger partial charge in [0.05, 0.1) is 5.69 Å². The first-order valence-corrected chi connectivity index (χ1v) is 6.51. The minimum absolute atomic E-state index is 0.503. The number of hydrogen-bond acceptors (Lipinski definition) is 3. The zero-order valence-electron chi connectivity index (χ0n) is 11.4. The van der Waals surface area contributed by atoms with Crippen molar-refractivity contribution in [1.82, 2.24) is 0 Å². The summed E-state index contributed by atoms with van der Waals surface area (Å²) < 4.78 is 5.57. The molecule has 0 bridgehead atoms. The molecule has 0 spiro atoms. The molecule has 3 nitrogen and oxygen atoms in total. The average molecular weight is 246 g/mol. The molecule has 0 radical (unpaired) electrons. The molecular weight excluding hydrogens is 224 g/mol. The van der Waals surface area contributed by atoms with Gasteiger partial charge in [-0.2, -0.15) is 0 Å². The van der Waals surface area contributed by atoms with Gasteiger partial charge in [0.2, 0.25) is 0 Å². The smallest absolute Gasteiger partial charge is 0.136 e. The van der Waals surface area contributed by atoms with Crippen molar-refractivity contribution >= 4 is 16.7 Å². The van der Waals surface area contributed by atoms with E-state index in [1.165, 1.54) is 5.39 Å². The molecule has 2 N–H and O–H groups in total. The predicted molar refractivity (Wildman–Crippen MR) is 76.9 cm³/mol. The van der Waals surface area contributed by atoms with Crippen LogP contribution in [0.4, 0.5) is 5.69 Å². The molecule has 2 aromatic rings. The lowest BCUT2D eigenvalue weighted by Crippen LogP contribution is -2.33. The van der Waals surface area contributed by atoms with E-state index in [-0.39, 0.29) is 0 Å². The zero-order chi connectivity index (χ0) is 13.1. The third-order valence-corrected chi connectivity index (χ3v) is 3.63. The Bertz CT molecular complexity index is 504. The number of hydrogen-bond donors (Lipinski definition) is 1. The van der Waals surface area contributed by atoms with Gasteiger partial charge in [0.1, 0.15) is 11.8 Å². The first-order valence-electron chi connectivity index (χ1n) is 6.51. The van der Waals surface area contributed by atoms with Crippen LogP contribution < -0.4 is 10.6 Å². The van der Waals surface area contributed by atoms with Crippen molar-refractivity contribution < 1.29 is 4.42 Å². The SMILES string of the molecule is CC(C)C(CN)CN(C)c1coc2ccccc12. The lowest BCUT2D eigenvalue weighted by molar-refractivity contribution is 0.397. The molecule has 2 rings (SSSR count). The van der Waals surface area contributed by atoms with E-state index < -0.39 is 0 Å². The maximum absolute atomic E-state index is 5.84. The second kappa shape index (κ2) is 5.44. The van der Waals surface area contributed by atoms with Crippen LogP contribution in [-0.4, -0.2) is 20.1 Å². The number of nitrogens with zero attached hydrogens (tertiary/aromatic N) is 1. The number of para-hydroxylation sites is 1. The summed E-state index contributed by atoms with van der Waals surface area (Å²) in [4.78, 5) is 2.24. The number of nitrogens with two attached hydrogens (primary N) is 1. The van der Waals surface area contributed by atoms with E-state index in [0.29, 0.717) is 11.8 Å². The second-order valence-electron chi connectivity index (χ2n) is 5.24. The van der Waals surface area contributed by atoms with Gasteiger partial charge < -0.3 is 15.1 Å². The Labute approximate surface area is 109 Å². The van der Waals surface area contributed by atoms with Crippen LogP contribution in [0.25, 0.3) is 11.0 Å². The first-order chi connectivity index (χ1) is 8.63. The lowest BCUT2D eigenvalue weighted by atomic mass is 9.95. The topological polar surface area (TPSA) is 42.4 Å². The fraction of sp³-hybridized carbons (Fsp3) is 0.467. The van der Waals surface area contributed by atoms with Crippen LogP contribution in [0.15, 0.2) is 34.9 Å². The van der Waals surface area contributed by atoms with Gasteiger partial charge in [-0.15, -0.1) is 0 Å². The van der Waals surface area contributed by atoms with Crippen LogP contribution in [0.5, 0.6) is 0 Å². The highest BCUT2D eigenvalue weighted by Gasteiger charge is 2.16. The van der Waals surface area contributed by atoms with Crippen LogP contribution >= 0.6 is 0 Å². The minimum Gasteiger partial charge on any atom is -0.462 e. The molecule has 0 fully saturated rings. The Morgan fingerprint density at radius 1 is 1.28 bits per heavy atom. The molecule has 3 heteroatoms. The third kappa shape index (κ3) is 2.51. The van der Waals surface area contributed by atoms with Crippen molar-refractivity contribution in [2.45, 2.75) is 13.8 Å². The van der Waals surface area contributed by atoms with Crippen molar-refractivity contribution in [3.8, 4) is 0 Å². The monoisotopic (exact) mass is 246 g/mol. The zero-order valence-corrected chi connectivity index (χ0v) is 11.4. The van der Waals surface area contributed by atoms with Gasteiger partial charge in [-0.3, -0.25) is 0 Å². The van der Waals surface area contributed by atoms with Crippen LogP contribution in [0.2, 0.25) is 0 Å². The fourth-order valence-corrected chi connectivity index (χ4v) is 2.27. The molecule has 1 unspecified atom stereocenters. The summed E-state index contributed by atoms with van der Waals surface area (Å²) in [6.07, 6.45) is 1.83. The minimum atomic E-state index is 0.503. The summed E-state index contributed by atoms with van der Waals surface area (Å²) >= 11 is 0. The quantitative estimate of drug-likeness (QED) is 0.881. The van der Waals surface area contributed by atoms with Crippen LogP contribution in [0.3, 0.4) is 0 Å². The summed E-state index contributed by atoms with van der Waals surface area (Å²) in [5.41, 5.74) is 7.92. The van der Waals surface area contributed by atoms with Crippen LogP contribution in [0, 0.1) is 11.8 Å². The summed E-state index contributed by atoms with van der Waals surface area (Å²) in [6, 6.07) is 8.12. The van der Waals surface area contributed by atoms with Crippen molar-refractivity contribution in [3.05, 3.63) is 30.5 Å². The number of anilines is 1. The van der Waals surface area contributed by atoms with Gasteiger partial charge in [-0.05, 0) is 30.5 Å². The number of furan rings is 1. The van der Waals surface area contributed by atoms with Crippen LogP contribution in [0.1, 0.15) is 13.8 Å². The van der Waals surface area contributed by atoms with Crippen molar-refractivity contribution in [2.24, 2.45) is 17.6 Å². The Kier molecular flexibility index (Phi) is 3.92. The van der Waals surface area contributed by atoms with E-state index in [1.54, 1.807) is 0 Å². The lowest BCUT2D eigenvalue weighted by Gasteiger charge is -2.26. The Morgan fingerprint density at radius 2 is 2.00 bits per heavy atom. The average Bonchev–Trinajstić information content (AvgIpc) is 2.79. The molecule has 0 aliphatic rings. The predicted octanol–water partition coefficient (Wildman–Crippen LogP) is 3.10. The molecule has 18 heavy (non-hydrogen) atoms. The largest absolute Gasteiger partial charge is 0.462 e. The van der Waals surface area contributed by atoms with Gasteiger partial charge in [0, 0.05) is 19.0 Å². The molecule has 0 aliphatic carbocycles. The van der Waals surface area contributed by atoms with E-state index >= 15 is 0 Å². The summed E-state index contributed by atoms with van der Waals surface area (Å²) in [7, 11) is 2.10. The van der Waals surface area contributed by atoms with Gasteiger partial charge in [-0.25, -0.2) is 0 Å². The first kappa shape index (κ1) is 13.0. The molecular formula is C15H22N2O. The van der Waals surface area contributed by atoms with Gasteiger partial charge in [-0.1, -0.05) is 26.0 Å². The standard InChI is InChI=1S/C15H22N2O/c1-11(2)12(8-16)9-17(3)14-10-18-15-7-5-4-6-13(14)15/h4-7,10-12H,8-9,16H2,1-3H3. The van der Waals surface area contributed by atoms with Crippen molar-refractivity contribution in [1.29, 1.82) is 0 Å². The molecule has 1 aromatic carbocycles. The maximum Gasteiger partial charge on any atom is 0.136 e. The van der Waals surface area contributed by atoms with Crippen molar-refractivity contribution in [2.75, 3.05) is 25.0 Å². The Balaban J connectivity index is 2.20. The van der Waals surface area contributed by atoms with E-state index in [4.69, 9.17) is 10.2 Å². The number of rotatable bonds is 5. The molecule has 0 amide bonds. The number of benzene rings is 1. The third-order valence-electron chi connectivity index (χ3n) is 3.63. The van der Waals surface area contributed by atoms with Gasteiger partial charge in [0.15, 0.2) is 0 Å². The van der Waals surface area contributed by atoms with Crippen molar-refractivity contribution in [3.63, 3.8) is 0 Å². The fourth-order valence-electron chi connectivity index (χ4n) is 2.27. The molecule has 0 saturated carbocycles. The normalized spacial score (nSPS) is 13.2. The molecule has 0 saturated heterocycles. The van der Waals surface area contributed by atoms with Crippen LogP contribution in [-0.2, 0) is 0 Å². The van der Waals surface area contributed by atoms with E-state index in [0.717, 1.165) is 24.4 Å². The Hall–Kier alpha value is -1.48. The molecule has 1 heterocycles. The summed E-state index contributed by atoms with van der Waals surface area (Å²) in [6.45, 7) is 6.12. The highest BCUT2D eigenvalue weighted by Crippen LogP contribution is 2.29. The maximum atomic E-state index is 5.84. The van der Waals surface area contributed by atoms with E-state index in [1.807, 2.05) is 24.5 Å². The molecule has 98 valence electrons. The highest BCUT2D eigenvalue weighted by atomic mass is 16.3. The highest BCUT2D eigenvalue weighted by molar-refractivity contribution is 5.90. The Morgan fingerprint density at radius 3 is 2.67 bits per heavy atom. The molecule has 1 atom stereocenters. The van der Waals surface area contributed by atoms with Gasteiger partial charge in [0.25, 0.3) is 0 Å². The van der Waals surface area contributed by atoms with E-state index in [2.05, 4.69) is 31.9 Å². The molecule has 1 aromatic heterocycles. The molecule has 0 aliphatic heterocycles.